The Morgan fingerprint density at radius 2 is 1.58 bits per heavy atom. The Morgan fingerprint density at radius 1 is 0.925 bits per heavy atom. The highest BCUT2D eigenvalue weighted by atomic mass is 31.3. The summed E-state index contributed by atoms with van der Waals surface area (Å²) in [5.41, 5.74) is -0.105. The van der Waals surface area contributed by atoms with E-state index in [0.717, 1.165) is 44.9 Å². The van der Waals surface area contributed by atoms with Gasteiger partial charge >= 0.3 is 39.5 Å². The van der Waals surface area contributed by atoms with Gasteiger partial charge in [-0.1, -0.05) is 0 Å². The molecule has 12 atom stereocenters. The summed E-state index contributed by atoms with van der Waals surface area (Å²) in [5.74, 6) is -6.32. The average molecular weight is 801 g/mol. The van der Waals surface area contributed by atoms with Gasteiger partial charge in [-0.2, -0.15) is 9.29 Å². The van der Waals surface area contributed by atoms with Crippen molar-refractivity contribution in [3.05, 3.63) is 12.7 Å². The molecule has 0 radical (unpaired) electrons. The standard InChI is InChI=1S/C26H34N4O21P2/c1-10(32)43-6-16(45-11(2)33)22-20(46-12(3)34)14(5-31)21(47-13(4)35)26(49-22)50-53(41,42)51-52(39,40)44-7-15-18(36)19(37)25(48-15)30-9-29-17-23(30)27-8-28-24(17)38/h5,8-9,14-16,18-22,25-26,36-37H,6-7H2,1-4H3,(H,39,40)(H,41,42)(H,27,28,38)/t14?,15-,16-,18?,19?,20+,21?,22?,25-,26+/m1/s1. The summed E-state index contributed by atoms with van der Waals surface area (Å²) in [6, 6.07) is 0. The molecular weight excluding hydrogens is 766 g/mol. The van der Waals surface area contributed by atoms with Crippen molar-refractivity contribution in [3.63, 3.8) is 0 Å². The number of nitrogens with zero attached hydrogens (tertiary/aromatic N) is 4. The molecule has 2 aliphatic rings. The number of aromatic nitrogens is 4. The number of aliphatic hydroxyl groups is 2. The third kappa shape index (κ3) is 10.4. The van der Waals surface area contributed by atoms with E-state index in [4.69, 9.17) is 37.5 Å². The molecule has 25 nitrogen and oxygen atoms in total. The number of aromatic hydroxyl groups is 1. The summed E-state index contributed by atoms with van der Waals surface area (Å²) in [7, 11) is -11.6. The van der Waals surface area contributed by atoms with Crippen molar-refractivity contribution in [3.8, 4) is 5.88 Å². The zero-order valence-electron chi connectivity index (χ0n) is 27.9. The van der Waals surface area contributed by atoms with Crippen LogP contribution in [0, 0.1) is 5.92 Å². The smallest absolute Gasteiger partial charge is 0.483 e. The molecule has 2 saturated heterocycles. The Hall–Kier alpha value is -4.00. The van der Waals surface area contributed by atoms with Crippen LogP contribution in [0.3, 0.4) is 0 Å². The molecule has 0 bridgehead atoms. The fourth-order valence-electron chi connectivity index (χ4n) is 5.30. The van der Waals surface area contributed by atoms with Gasteiger partial charge in [-0.05, 0) is 0 Å². The van der Waals surface area contributed by atoms with E-state index in [0.29, 0.717) is 0 Å². The lowest BCUT2D eigenvalue weighted by Gasteiger charge is -2.45. The van der Waals surface area contributed by atoms with Crippen molar-refractivity contribution in [2.75, 3.05) is 13.2 Å². The van der Waals surface area contributed by atoms with E-state index in [2.05, 4.69) is 19.3 Å². The van der Waals surface area contributed by atoms with Gasteiger partial charge in [0.2, 0.25) is 12.2 Å². The van der Waals surface area contributed by atoms with Crippen LogP contribution in [-0.2, 0) is 74.9 Å². The maximum atomic E-state index is 13.1. The normalized spacial score (nSPS) is 30.0. The van der Waals surface area contributed by atoms with Crippen LogP contribution in [0.1, 0.15) is 33.9 Å². The summed E-state index contributed by atoms with van der Waals surface area (Å²) in [4.78, 5) is 92.0. The molecule has 0 amide bonds. The van der Waals surface area contributed by atoms with Gasteiger partial charge in [0.05, 0.1) is 18.9 Å². The summed E-state index contributed by atoms with van der Waals surface area (Å²) >= 11 is 0. The van der Waals surface area contributed by atoms with Gasteiger partial charge in [-0.25, -0.2) is 19.1 Å². The topological polar surface area (TPSA) is 347 Å². The van der Waals surface area contributed by atoms with E-state index >= 15 is 0 Å². The van der Waals surface area contributed by atoms with Crippen LogP contribution in [0.5, 0.6) is 5.88 Å². The number of carbonyl (C=O) groups is 5. The number of ether oxygens (including phenoxy) is 6. The van der Waals surface area contributed by atoms with E-state index in [-0.39, 0.29) is 17.5 Å². The minimum absolute atomic E-state index is 0.0226. The van der Waals surface area contributed by atoms with Crippen LogP contribution >= 0.6 is 15.6 Å². The monoisotopic (exact) mass is 800 g/mol. The van der Waals surface area contributed by atoms with Crippen LogP contribution in [0.25, 0.3) is 11.2 Å². The van der Waals surface area contributed by atoms with Gasteiger partial charge in [-0.15, -0.1) is 0 Å². The average Bonchev–Trinajstić information content (AvgIpc) is 3.59. The third-order valence-electron chi connectivity index (χ3n) is 7.33. The molecule has 4 heterocycles. The zero-order valence-corrected chi connectivity index (χ0v) is 29.7. The molecule has 0 aliphatic carbocycles. The minimum atomic E-state index is -5.91. The molecule has 27 heteroatoms. The first-order valence-electron chi connectivity index (χ1n) is 15.1. The van der Waals surface area contributed by atoms with Crippen molar-refractivity contribution in [2.24, 2.45) is 5.92 Å². The number of hydrogen-bond donors (Lipinski definition) is 5. The second-order valence-electron chi connectivity index (χ2n) is 11.3. The third-order valence-corrected chi connectivity index (χ3v) is 9.93. The molecule has 0 aromatic carbocycles. The Kier molecular flexibility index (Phi) is 13.4. The Bertz CT molecular complexity index is 1790. The maximum absolute atomic E-state index is 13.1. The molecule has 2 aromatic rings. The number of rotatable bonds is 15. The second-order valence-corrected chi connectivity index (χ2v) is 14.3. The lowest BCUT2D eigenvalue weighted by Crippen LogP contribution is -2.62. The van der Waals surface area contributed by atoms with Crippen molar-refractivity contribution < 1.29 is 100.0 Å². The fourth-order valence-corrected chi connectivity index (χ4v) is 7.46. The molecule has 4 rings (SSSR count). The first-order valence-corrected chi connectivity index (χ1v) is 18.1. The molecule has 2 aromatic heterocycles. The van der Waals surface area contributed by atoms with Crippen LogP contribution in [0.2, 0.25) is 0 Å². The number of aliphatic hydroxyl groups excluding tert-OH is 2. The Balaban J connectivity index is 1.53. The molecule has 0 saturated carbocycles. The number of fused-ring (bicyclic) bond motifs is 1. The Morgan fingerprint density at radius 3 is 2.19 bits per heavy atom. The van der Waals surface area contributed by atoms with Gasteiger partial charge < -0.3 is 58.3 Å². The number of phosphoric acid groups is 2. The summed E-state index contributed by atoms with van der Waals surface area (Å²) < 4.78 is 72.4. The van der Waals surface area contributed by atoms with E-state index in [1.165, 1.54) is 0 Å². The predicted octanol–water partition coefficient (Wildman–Crippen LogP) is -1.70. The number of phosphoric ester groups is 2. The largest absolute Gasteiger partial charge is 0.492 e. The van der Waals surface area contributed by atoms with Gasteiger partial charge in [0.1, 0.15) is 49.7 Å². The lowest BCUT2D eigenvalue weighted by molar-refractivity contribution is -0.283. The molecule has 2 fully saturated rings. The van der Waals surface area contributed by atoms with Crippen molar-refractivity contribution in [1.82, 2.24) is 19.5 Å². The quantitative estimate of drug-likeness (QED) is 0.0580. The Labute approximate surface area is 297 Å². The van der Waals surface area contributed by atoms with Gasteiger partial charge in [0, 0.05) is 27.7 Å². The number of imidazole rings is 1. The van der Waals surface area contributed by atoms with Crippen LogP contribution in [-0.4, -0.2) is 137 Å². The van der Waals surface area contributed by atoms with Crippen molar-refractivity contribution >= 4 is 57.0 Å². The predicted molar refractivity (Wildman–Crippen MR) is 162 cm³/mol. The second kappa shape index (κ2) is 17.0. The fraction of sp³-hybridized carbons (Fsp3) is 0.615. The number of hydrogen-bond acceptors (Lipinski definition) is 22. The summed E-state index contributed by atoms with van der Waals surface area (Å²) in [6.45, 7) is 1.85. The summed E-state index contributed by atoms with van der Waals surface area (Å²) in [6.07, 6.45) is -14.1. The number of carbonyl (C=O) groups excluding carboxylic acids is 5. The first kappa shape index (κ1) is 41.8. The highest BCUT2D eigenvalue weighted by molar-refractivity contribution is 7.61. The lowest BCUT2D eigenvalue weighted by atomic mass is 9.87. The SMILES string of the molecule is CC(=O)OC[C@@H](OC(C)=O)C1O[C@@H](OP(=O)(O)OP(=O)(O)OC[C@H]2O[C@@H](n3cnc4c(O)ncnc43)C(O)C2O)C(OC(C)=O)C(C=O)[C@@H]1OC(C)=O. The van der Waals surface area contributed by atoms with Crippen molar-refractivity contribution in [1.29, 1.82) is 0 Å². The molecular formula is C26H34N4O21P2. The number of esters is 4. The molecule has 2 aliphatic heterocycles. The van der Waals surface area contributed by atoms with Gasteiger partial charge in [-0.3, -0.25) is 32.8 Å². The molecule has 5 N–H and O–H groups in total. The maximum Gasteiger partial charge on any atom is 0.483 e. The molecule has 0 spiro atoms. The van der Waals surface area contributed by atoms with E-state index in [9.17, 15) is 58.2 Å². The zero-order chi connectivity index (χ0) is 39.4. The minimum Gasteiger partial charge on any atom is -0.492 e. The van der Waals surface area contributed by atoms with Gasteiger partial charge in [0.25, 0.3) is 0 Å². The molecule has 7 unspecified atom stereocenters. The summed E-state index contributed by atoms with van der Waals surface area (Å²) in [5, 5.41) is 31.0. The van der Waals surface area contributed by atoms with Crippen LogP contribution in [0.15, 0.2) is 12.7 Å². The van der Waals surface area contributed by atoms with Crippen LogP contribution < -0.4 is 0 Å². The van der Waals surface area contributed by atoms with Gasteiger partial charge in [0.15, 0.2) is 29.6 Å². The van der Waals surface area contributed by atoms with Crippen molar-refractivity contribution in [2.45, 2.75) is 82.9 Å². The number of aldehydes is 1. The highest BCUT2D eigenvalue weighted by Gasteiger charge is 2.56. The van der Waals surface area contributed by atoms with E-state index < -0.39 is 120 Å². The van der Waals surface area contributed by atoms with E-state index in [1.54, 1.807) is 0 Å². The van der Waals surface area contributed by atoms with E-state index in [1.807, 2.05) is 0 Å². The molecule has 53 heavy (non-hydrogen) atoms. The van der Waals surface area contributed by atoms with Crippen LogP contribution in [0.4, 0.5) is 0 Å². The highest BCUT2D eigenvalue weighted by Crippen LogP contribution is 2.62. The first-order chi connectivity index (χ1) is 24.7. The molecule has 294 valence electrons.